The maximum Gasteiger partial charge on any atom is 0.416 e. The standard InChI is InChI=1S/C11H11F3N4O2S/c1-7-8(11(12,13)14)3-2-4-9(7)21(19,20)17-5-10-15-6-16-18-10/h2-4,6,17H,5H2,1H3,(H,15,16,18). The molecule has 0 amide bonds. The fourth-order valence-corrected chi connectivity index (χ4v) is 3.02. The van der Waals surface area contributed by atoms with Gasteiger partial charge in [0, 0.05) is 0 Å². The molecule has 0 atom stereocenters. The quantitative estimate of drug-likeness (QED) is 0.896. The molecule has 1 heterocycles. The lowest BCUT2D eigenvalue weighted by Crippen LogP contribution is -2.25. The Morgan fingerprint density at radius 2 is 2.05 bits per heavy atom. The molecule has 0 aliphatic carbocycles. The number of alkyl halides is 3. The van der Waals surface area contributed by atoms with E-state index in [9.17, 15) is 21.6 Å². The van der Waals surface area contributed by atoms with Gasteiger partial charge in [-0.3, -0.25) is 5.10 Å². The maximum atomic E-state index is 12.8. The highest BCUT2D eigenvalue weighted by Gasteiger charge is 2.34. The van der Waals surface area contributed by atoms with Crippen LogP contribution >= 0.6 is 0 Å². The van der Waals surface area contributed by atoms with Crippen molar-refractivity contribution in [2.75, 3.05) is 0 Å². The molecule has 2 N–H and O–H groups in total. The van der Waals surface area contributed by atoms with Crippen LogP contribution in [0.2, 0.25) is 0 Å². The second kappa shape index (κ2) is 5.45. The zero-order valence-corrected chi connectivity index (χ0v) is 11.6. The summed E-state index contributed by atoms with van der Waals surface area (Å²) in [5.74, 6) is 0.253. The summed E-state index contributed by atoms with van der Waals surface area (Å²) in [6.45, 7) is 0.920. The molecule has 6 nitrogen and oxygen atoms in total. The Kier molecular flexibility index (Phi) is 4.01. The SMILES string of the molecule is Cc1c(C(F)(F)F)cccc1S(=O)(=O)NCc1ncn[nH]1. The van der Waals surface area contributed by atoms with Gasteiger partial charge in [-0.05, 0) is 24.6 Å². The Balaban J connectivity index is 2.32. The van der Waals surface area contributed by atoms with Crippen molar-refractivity contribution < 1.29 is 21.6 Å². The van der Waals surface area contributed by atoms with Crippen LogP contribution in [0.15, 0.2) is 29.4 Å². The minimum Gasteiger partial charge on any atom is -0.262 e. The average molecular weight is 320 g/mol. The fraction of sp³-hybridized carbons (Fsp3) is 0.273. The van der Waals surface area contributed by atoms with Gasteiger partial charge < -0.3 is 0 Å². The summed E-state index contributed by atoms with van der Waals surface area (Å²) in [5, 5.41) is 5.98. The molecule has 1 aromatic heterocycles. The predicted molar refractivity (Wildman–Crippen MR) is 66.6 cm³/mol. The number of sulfonamides is 1. The lowest BCUT2D eigenvalue weighted by molar-refractivity contribution is -0.138. The monoisotopic (exact) mass is 320 g/mol. The van der Waals surface area contributed by atoms with Crippen LogP contribution in [0.25, 0.3) is 0 Å². The normalized spacial score (nSPS) is 12.6. The first kappa shape index (κ1) is 15.4. The van der Waals surface area contributed by atoms with Crippen molar-refractivity contribution in [2.24, 2.45) is 0 Å². The molecule has 21 heavy (non-hydrogen) atoms. The van der Waals surface area contributed by atoms with Gasteiger partial charge in [-0.25, -0.2) is 18.1 Å². The van der Waals surface area contributed by atoms with Gasteiger partial charge in [-0.2, -0.15) is 18.3 Å². The molecule has 10 heteroatoms. The number of rotatable bonds is 4. The van der Waals surface area contributed by atoms with E-state index in [1.807, 2.05) is 0 Å². The maximum absolute atomic E-state index is 12.8. The van der Waals surface area contributed by atoms with Crippen LogP contribution in [-0.2, 0) is 22.7 Å². The second-order valence-electron chi connectivity index (χ2n) is 4.18. The molecule has 2 aromatic rings. The molecule has 0 fully saturated rings. The van der Waals surface area contributed by atoms with E-state index in [-0.39, 0.29) is 17.9 Å². The Bertz CT molecular complexity index is 726. The van der Waals surface area contributed by atoms with E-state index in [0.29, 0.717) is 0 Å². The Labute approximate surface area is 118 Å². The Hall–Kier alpha value is -1.94. The van der Waals surface area contributed by atoms with Crippen molar-refractivity contribution in [3.05, 3.63) is 41.5 Å². The highest BCUT2D eigenvalue weighted by molar-refractivity contribution is 7.89. The lowest BCUT2D eigenvalue weighted by atomic mass is 10.1. The summed E-state index contributed by atoms with van der Waals surface area (Å²) in [7, 11) is -4.09. The number of hydrogen-bond acceptors (Lipinski definition) is 4. The van der Waals surface area contributed by atoms with E-state index in [0.717, 1.165) is 25.1 Å². The third-order valence-corrected chi connectivity index (χ3v) is 4.32. The molecular formula is C11H11F3N4O2S. The number of halogens is 3. The average Bonchev–Trinajstić information content (AvgIpc) is 2.88. The van der Waals surface area contributed by atoms with Crippen LogP contribution in [0.3, 0.4) is 0 Å². The smallest absolute Gasteiger partial charge is 0.262 e. The molecule has 2 rings (SSSR count). The van der Waals surface area contributed by atoms with Crippen molar-refractivity contribution in [1.29, 1.82) is 0 Å². The highest BCUT2D eigenvalue weighted by atomic mass is 32.2. The zero-order valence-electron chi connectivity index (χ0n) is 10.8. The summed E-state index contributed by atoms with van der Waals surface area (Å²) < 4.78 is 64.7. The zero-order chi connectivity index (χ0) is 15.7. The molecule has 0 radical (unpaired) electrons. The highest BCUT2D eigenvalue weighted by Crippen LogP contribution is 2.34. The third-order valence-electron chi connectivity index (χ3n) is 2.77. The van der Waals surface area contributed by atoms with Crippen LogP contribution in [0.5, 0.6) is 0 Å². The lowest BCUT2D eigenvalue weighted by Gasteiger charge is -2.14. The molecule has 0 aliphatic heterocycles. The van der Waals surface area contributed by atoms with Gasteiger partial charge >= 0.3 is 6.18 Å². The van der Waals surface area contributed by atoms with Gasteiger partial charge in [0.25, 0.3) is 0 Å². The number of nitrogens with zero attached hydrogens (tertiary/aromatic N) is 2. The molecule has 0 aliphatic rings. The van der Waals surface area contributed by atoms with Gasteiger partial charge in [-0.1, -0.05) is 6.07 Å². The molecule has 0 saturated heterocycles. The molecule has 0 bridgehead atoms. The minimum absolute atomic E-state index is 0.196. The number of nitrogens with one attached hydrogen (secondary N) is 2. The van der Waals surface area contributed by atoms with Crippen molar-refractivity contribution in [3.8, 4) is 0 Å². The summed E-state index contributed by atoms with van der Waals surface area (Å²) in [6.07, 6.45) is -3.42. The summed E-state index contributed by atoms with van der Waals surface area (Å²) in [4.78, 5) is 3.30. The van der Waals surface area contributed by atoms with E-state index >= 15 is 0 Å². The summed E-state index contributed by atoms with van der Waals surface area (Å²) >= 11 is 0. The topological polar surface area (TPSA) is 87.7 Å². The van der Waals surface area contributed by atoms with Crippen LogP contribution in [0.1, 0.15) is 17.0 Å². The number of benzene rings is 1. The largest absolute Gasteiger partial charge is 0.416 e. The molecule has 0 saturated carbocycles. The number of aromatic nitrogens is 3. The van der Waals surface area contributed by atoms with E-state index in [4.69, 9.17) is 0 Å². The van der Waals surface area contributed by atoms with Gasteiger partial charge in [0.1, 0.15) is 12.2 Å². The van der Waals surface area contributed by atoms with Crippen LogP contribution in [-0.4, -0.2) is 23.6 Å². The first-order valence-electron chi connectivity index (χ1n) is 5.72. The first-order valence-corrected chi connectivity index (χ1v) is 7.21. The van der Waals surface area contributed by atoms with E-state index in [2.05, 4.69) is 19.9 Å². The van der Waals surface area contributed by atoms with Crippen LogP contribution < -0.4 is 4.72 Å². The first-order chi connectivity index (χ1) is 9.72. The number of H-pyrrole nitrogens is 1. The molecule has 1 aromatic carbocycles. The van der Waals surface area contributed by atoms with Gasteiger partial charge in [0.15, 0.2) is 0 Å². The summed E-state index contributed by atoms with van der Waals surface area (Å²) in [6, 6.07) is 3.01. The fourth-order valence-electron chi connectivity index (χ4n) is 1.77. The number of hydrogen-bond donors (Lipinski definition) is 2. The summed E-state index contributed by atoms with van der Waals surface area (Å²) in [5.41, 5.74) is -1.33. The third kappa shape index (κ3) is 3.39. The van der Waals surface area contributed by atoms with Gasteiger partial charge in [0.05, 0.1) is 17.0 Å². The molecule has 114 valence electrons. The number of aromatic amines is 1. The van der Waals surface area contributed by atoms with Crippen LogP contribution in [0.4, 0.5) is 13.2 Å². The Morgan fingerprint density at radius 3 is 2.62 bits per heavy atom. The second-order valence-corrected chi connectivity index (χ2v) is 5.92. The molecule has 0 unspecified atom stereocenters. The molecule has 0 spiro atoms. The van der Waals surface area contributed by atoms with Crippen molar-refractivity contribution in [1.82, 2.24) is 19.9 Å². The minimum atomic E-state index is -4.61. The van der Waals surface area contributed by atoms with Crippen molar-refractivity contribution >= 4 is 10.0 Å². The van der Waals surface area contributed by atoms with Gasteiger partial charge in [0.2, 0.25) is 10.0 Å². The van der Waals surface area contributed by atoms with Crippen molar-refractivity contribution in [3.63, 3.8) is 0 Å². The molecular weight excluding hydrogens is 309 g/mol. The van der Waals surface area contributed by atoms with E-state index < -0.39 is 26.7 Å². The predicted octanol–water partition coefficient (Wildman–Crippen LogP) is 1.61. The van der Waals surface area contributed by atoms with E-state index in [1.54, 1.807) is 0 Å². The Morgan fingerprint density at radius 1 is 1.33 bits per heavy atom. The van der Waals surface area contributed by atoms with Gasteiger partial charge in [-0.15, -0.1) is 0 Å². The van der Waals surface area contributed by atoms with E-state index in [1.165, 1.54) is 6.33 Å². The van der Waals surface area contributed by atoms with Crippen molar-refractivity contribution in [2.45, 2.75) is 24.5 Å². The van der Waals surface area contributed by atoms with Crippen LogP contribution in [0, 0.1) is 6.92 Å².